The van der Waals surface area contributed by atoms with Crippen LogP contribution in [0.3, 0.4) is 0 Å². The predicted molar refractivity (Wildman–Crippen MR) is 37.4 cm³/mol. The monoisotopic (exact) mass is 129 g/mol. The molecular weight excluding hydrogens is 114 g/mol. The van der Waals surface area contributed by atoms with E-state index in [2.05, 4.69) is 4.90 Å². The molecule has 0 aromatic rings. The van der Waals surface area contributed by atoms with Gasteiger partial charge in [-0.25, -0.2) is 0 Å². The van der Waals surface area contributed by atoms with Crippen LogP contribution in [0.1, 0.15) is 19.8 Å². The van der Waals surface area contributed by atoms with Crippen LogP contribution >= 0.6 is 0 Å². The maximum absolute atomic E-state index is 8.97. The van der Waals surface area contributed by atoms with Crippen LogP contribution in [0.5, 0.6) is 0 Å². The van der Waals surface area contributed by atoms with Gasteiger partial charge >= 0.3 is 0 Å². The molecule has 0 amide bonds. The van der Waals surface area contributed by atoms with Crippen molar-refractivity contribution >= 4 is 0 Å². The van der Waals surface area contributed by atoms with Gasteiger partial charge in [0.25, 0.3) is 0 Å². The quantitative estimate of drug-likeness (QED) is 0.585. The molecule has 0 aromatic carbocycles. The van der Waals surface area contributed by atoms with Crippen LogP contribution in [0.2, 0.25) is 0 Å². The molecule has 1 atom stereocenters. The Hall–Kier alpha value is -0.0800. The van der Waals surface area contributed by atoms with E-state index in [-0.39, 0.29) is 6.10 Å². The van der Waals surface area contributed by atoms with Crippen LogP contribution in [-0.2, 0) is 0 Å². The van der Waals surface area contributed by atoms with Crippen LogP contribution < -0.4 is 0 Å². The van der Waals surface area contributed by atoms with Gasteiger partial charge in [-0.1, -0.05) is 0 Å². The van der Waals surface area contributed by atoms with E-state index < -0.39 is 0 Å². The highest BCUT2D eigenvalue weighted by molar-refractivity contribution is 4.67. The summed E-state index contributed by atoms with van der Waals surface area (Å²) in [6.07, 6.45) is 2.47. The summed E-state index contributed by atoms with van der Waals surface area (Å²) in [5, 5.41) is 8.97. The minimum atomic E-state index is -0.150. The zero-order chi connectivity index (χ0) is 6.69. The van der Waals surface area contributed by atoms with Gasteiger partial charge < -0.3 is 10.0 Å². The zero-order valence-electron chi connectivity index (χ0n) is 6.01. The summed E-state index contributed by atoms with van der Waals surface area (Å²) in [5.74, 6) is 0. The number of β-amino-alcohol motifs (C(OH)–C–C–N with tert-alkyl or cyclic N) is 1. The molecule has 54 valence electrons. The number of aliphatic hydroxyl groups excluding tert-OH is 1. The van der Waals surface area contributed by atoms with Crippen molar-refractivity contribution in [1.29, 1.82) is 0 Å². The smallest absolute Gasteiger partial charge is 0.0639 e. The Morgan fingerprint density at radius 2 is 2.00 bits per heavy atom. The Balaban J connectivity index is 2.11. The molecule has 0 bridgehead atoms. The Labute approximate surface area is 56.5 Å². The van der Waals surface area contributed by atoms with E-state index in [1.807, 2.05) is 6.92 Å². The third-order valence-corrected chi connectivity index (χ3v) is 1.72. The summed E-state index contributed by atoms with van der Waals surface area (Å²) in [7, 11) is 0. The third-order valence-electron chi connectivity index (χ3n) is 1.72. The molecule has 2 heteroatoms. The molecule has 1 aliphatic heterocycles. The highest BCUT2D eigenvalue weighted by Crippen LogP contribution is 2.06. The molecule has 1 saturated heterocycles. The minimum absolute atomic E-state index is 0.150. The van der Waals surface area contributed by atoms with E-state index in [0.717, 1.165) is 6.54 Å². The van der Waals surface area contributed by atoms with Crippen molar-refractivity contribution in [2.45, 2.75) is 25.9 Å². The highest BCUT2D eigenvalue weighted by atomic mass is 16.3. The number of nitrogens with zero attached hydrogens (tertiary/aromatic N) is 1. The van der Waals surface area contributed by atoms with Crippen molar-refractivity contribution < 1.29 is 5.11 Å². The van der Waals surface area contributed by atoms with Crippen molar-refractivity contribution in [3.63, 3.8) is 0 Å². The van der Waals surface area contributed by atoms with E-state index >= 15 is 0 Å². The SMILES string of the molecule is CC(O)CN1CCCC1. The number of rotatable bonds is 2. The molecule has 2 nitrogen and oxygen atoms in total. The predicted octanol–water partition coefficient (Wildman–Crippen LogP) is 0.463. The average Bonchev–Trinajstić information content (AvgIpc) is 2.15. The van der Waals surface area contributed by atoms with Gasteiger partial charge in [0.15, 0.2) is 0 Å². The summed E-state index contributed by atoms with van der Waals surface area (Å²) in [6, 6.07) is 0. The Morgan fingerprint density at radius 1 is 1.44 bits per heavy atom. The Morgan fingerprint density at radius 3 is 2.44 bits per heavy atom. The van der Waals surface area contributed by atoms with Gasteiger partial charge in [-0.3, -0.25) is 0 Å². The molecule has 0 saturated carbocycles. The molecule has 0 aliphatic carbocycles. The lowest BCUT2D eigenvalue weighted by molar-refractivity contribution is 0.141. The zero-order valence-corrected chi connectivity index (χ0v) is 6.01. The van der Waals surface area contributed by atoms with Crippen LogP contribution in [0.15, 0.2) is 0 Å². The second-order valence-corrected chi connectivity index (χ2v) is 2.86. The molecule has 0 spiro atoms. The van der Waals surface area contributed by atoms with Crippen molar-refractivity contribution in [3.05, 3.63) is 0 Å². The van der Waals surface area contributed by atoms with Crippen LogP contribution in [0, 0.1) is 0 Å². The summed E-state index contributed by atoms with van der Waals surface area (Å²) in [4.78, 5) is 2.31. The lowest BCUT2D eigenvalue weighted by Crippen LogP contribution is -2.27. The number of likely N-dealkylation sites (tertiary alicyclic amines) is 1. The van der Waals surface area contributed by atoms with Gasteiger partial charge in [-0.05, 0) is 32.9 Å². The first-order valence-corrected chi connectivity index (χ1v) is 3.69. The summed E-state index contributed by atoms with van der Waals surface area (Å²) < 4.78 is 0. The van der Waals surface area contributed by atoms with Crippen LogP contribution in [0.25, 0.3) is 0 Å². The fourth-order valence-corrected chi connectivity index (χ4v) is 1.34. The third kappa shape index (κ3) is 2.33. The molecule has 9 heavy (non-hydrogen) atoms. The molecule has 0 radical (unpaired) electrons. The molecule has 1 heterocycles. The standard InChI is InChI=1S/C7H15NO/c1-7(9)6-8-4-2-3-5-8/h7,9H,2-6H2,1H3. The molecule has 1 rings (SSSR count). The minimum Gasteiger partial charge on any atom is -0.392 e. The first-order chi connectivity index (χ1) is 4.29. The maximum atomic E-state index is 8.97. The number of aliphatic hydroxyl groups is 1. The largest absolute Gasteiger partial charge is 0.392 e. The van der Waals surface area contributed by atoms with Gasteiger partial charge in [0.1, 0.15) is 0 Å². The van der Waals surface area contributed by atoms with Crippen LogP contribution in [-0.4, -0.2) is 35.7 Å². The van der Waals surface area contributed by atoms with Gasteiger partial charge in [-0.15, -0.1) is 0 Å². The van der Waals surface area contributed by atoms with E-state index in [1.165, 1.54) is 25.9 Å². The molecule has 1 fully saturated rings. The topological polar surface area (TPSA) is 23.5 Å². The molecule has 1 aliphatic rings. The number of hydrogen-bond donors (Lipinski definition) is 1. The van der Waals surface area contributed by atoms with Gasteiger partial charge in [-0.2, -0.15) is 0 Å². The summed E-state index contributed by atoms with van der Waals surface area (Å²) >= 11 is 0. The summed E-state index contributed by atoms with van der Waals surface area (Å²) in [6.45, 7) is 5.08. The van der Waals surface area contributed by atoms with Crippen molar-refractivity contribution in [2.24, 2.45) is 0 Å². The molecule has 0 aromatic heterocycles. The molecular formula is C7H15NO. The van der Waals surface area contributed by atoms with Crippen molar-refractivity contribution in [2.75, 3.05) is 19.6 Å². The van der Waals surface area contributed by atoms with Gasteiger partial charge in [0.2, 0.25) is 0 Å². The van der Waals surface area contributed by atoms with Crippen LogP contribution in [0.4, 0.5) is 0 Å². The van der Waals surface area contributed by atoms with Gasteiger partial charge in [0.05, 0.1) is 6.10 Å². The van der Waals surface area contributed by atoms with E-state index in [9.17, 15) is 0 Å². The number of hydrogen-bond acceptors (Lipinski definition) is 2. The Bertz CT molecular complexity index is 77.0. The first kappa shape index (κ1) is 7.03. The second-order valence-electron chi connectivity index (χ2n) is 2.86. The molecule has 1 unspecified atom stereocenters. The first-order valence-electron chi connectivity index (χ1n) is 3.69. The van der Waals surface area contributed by atoms with E-state index in [0.29, 0.717) is 0 Å². The second kappa shape index (κ2) is 3.18. The van der Waals surface area contributed by atoms with Gasteiger partial charge in [0, 0.05) is 6.54 Å². The summed E-state index contributed by atoms with van der Waals surface area (Å²) in [5.41, 5.74) is 0. The van der Waals surface area contributed by atoms with Crippen molar-refractivity contribution in [3.8, 4) is 0 Å². The fraction of sp³-hybridized carbons (Fsp3) is 1.00. The van der Waals surface area contributed by atoms with E-state index in [1.54, 1.807) is 0 Å². The lowest BCUT2D eigenvalue weighted by Gasteiger charge is -2.15. The lowest BCUT2D eigenvalue weighted by atomic mass is 10.4. The average molecular weight is 129 g/mol. The Kier molecular flexibility index (Phi) is 2.49. The maximum Gasteiger partial charge on any atom is 0.0639 e. The van der Waals surface area contributed by atoms with Crippen molar-refractivity contribution in [1.82, 2.24) is 4.90 Å². The molecule has 1 N–H and O–H groups in total. The normalized spacial score (nSPS) is 24.7. The highest BCUT2D eigenvalue weighted by Gasteiger charge is 2.12. The fourth-order valence-electron chi connectivity index (χ4n) is 1.34. The van der Waals surface area contributed by atoms with E-state index in [4.69, 9.17) is 5.11 Å².